The number of benzene rings is 2. The lowest BCUT2D eigenvalue weighted by atomic mass is 10.1. The fourth-order valence-electron chi connectivity index (χ4n) is 1.65. The molecule has 0 atom stereocenters. The Kier molecular flexibility index (Phi) is 12.2. The second-order valence-corrected chi connectivity index (χ2v) is 4.73. The number of rotatable bonds is 4. The van der Waals surface area contributed by atoms with E-state index in [1.807, 2.05) is 42.5 Å². The van der Waals surface area contributed by atoms with Crippen LogP contribution < -0.4 is 11.1 Å². The Hall–Kier alpha value is -2.17. The monoisotopic (exact) mass is 316 g/mol. The highest BCUT2D eigenvalue weighted by molar-refractivity contribution is 6.02. The van der Waals surface area contributed by atoms with Crippen molar-refractivity contribution in [2.75, 3.05) is 25.6 Å². The molecule has 0 aliphatic carbocycles. The van der Waals surface area contributed by atoms with Gasteiger partial charge in [0.1, 0.15) is 0 Å². The van der Waals surface area contributed by atoms with Crippen LogP contribution in [0.4, 0.5) is 5.69 Å². The van der Waals surface area contributed by atoms with Gasteiger partial charge in [-0.25, -0.2) is 0 Å². The van der Waals surface area contributed by atoms with Crippen LogP contribution in [-0.4, -0.2) is 26.2 Å². The summed E-state index contributed by atoms with van der Waals surface area (Å²) in [4.78, 5) is 11.2. The molecule has 0 unspecified atom stereocenters. The molecule has 126 valence electrons. The summed E-state index contributed by atoms with van der Waals surface area (Å²) >= 11 is 0. The molecular formula is C19H28N2O2. The predicted octanol–water partition coefficient (Wildman–Crippen LogP) is 3.97. The number of amides is 1. The Morgan fingerprint density at radius 3 is 2.35 bits per heavy atom. The molecule has 1 amide bonds. The second kappa shape index (κ2) is 13.5. The highest BCUT2D eigenvalue weighted by atomic mass is 16.5. The van der Waals surface area contributed by atoms with Crippen LogP contribution >= 0.6 is 0 Å². The number of carbonyl (C=O) groups is 1. The summed E-state index contributed by atoms with van der Waals surface area (Å²) in [6, 6.07) is 13.7. The van der Waals surface area contributed by atoms with Crippen LogP contribution in [0.15, 0.2) is 55.1 Å². The Balaban J connectivity index is 0.000000511. The Bertz CT molecular complexity index is 577. The van der Waals surface area contributed by atoms with Gasteiger partial charge in [0.2, 0.25) is 5.91 Å². The fourth-order valence-corrected chi connectivity index (χ4v) is 1.65. The first kappa shape index (κ1) is 20.8. The first-order valence-electron chi connectivity index (χ1n) is 7.71. The van der Waals surface area contributed by atoms with Crippen LogP contribution in [0.1, 0.15) is 20.3 Å². The maximum Gasteiger partial charge on any atom is 0.238 e. The number of anilines is 1. The van der Waals surface area contributed by atoms with Gasteiger partial charge in [-0.15, -0.1) is 6.58 Å². The highest BCUT2D eigenvalue weighted by Gasteiger charge is 2.02. The third-order valence-electron chi connectivity index (χ3n) is 2.53. The molecule has 0 aliphatic heterocycles. The largest absolute Gasteiger partial charge is 0.381 e. The minimum Gasteiger partial charge on any atom is -0.381 e. The third-order valence-corrected chi connectivity index (χ3v) is 2.53. The smallest absolute Gasteiger partial charge is 0.238 e. The van der Waals surface area contributed by atoms with Crippen LogP contribution in [-0.2, 0) is 9.53 Å². The zero-order chi connectivity index (χ0) is 17.5. The third kappa shape index (κ3) is 8.76. The van der Waals surface area contributed by atoms with Gasteiger partial charge in [-0.3, -0.25) is 4.79 Å². The average molecular weight is 316 g/mol. The van der Waals surface area contributed by atoms with Crippen LogP contribution in [0.2, 0.25) is 0 Å². The van der Waals surface area contributed by atoms with Crippen molar-refractivity contribution in [2.24, 2.45) is 5.73 Å². The van der Waals surface area contributed by atoms with Crippen LogP contribution in [0, 0.1) is 0 Å². The Morgan fingerprint density at radius 1 is 1.22 bits per heavy atom. The maximum absolute atomic E-state index is 11.2. The van der Waals surface area contributed by atoms with Gasteiger partial charge in [0.15, 0.2) is 0 Å². The molecule has 3 N–H and O–H groups in total. The maximum atomic E-state index is 11.2. The fraction of sp³-hybridized carbons (Fsp3) is 0.316. The van der Waals surface area contributed by atoms with Crippen molar-refractivity contribution in [1.82, 2.24) is 0 Å². The lowest BCUT2D eigenvalue weighted by molar-refractivity contribution is -0.114. The summed E-state index contributed by atoms with van der Waals surface area (Å²) in [6.07, 6.45) is 2.96. The standard InChI is InChI=1S/C12H12N2O.C4H8O.C3H8/c13-8-12(15)14-11-7-3-5-9-4-1-2-6-10(9)11;1-3-4-5-2;1-3-2/h1-7H,8,13H2,(H,14,15);3H,1,4H2,2H3;3H2,1-2H3. The van der Waals surface area contributed by atoms with E-state index in [4.69, 9.17) is 5.73 Å². The number of fused-ring (bicyclic) bond motifs is 1. The molecule has 2 aromatic rings. The van der Waals surface area contributed by atoms with Gasteiger partial charge in [-0.1, -0.05) is 62.7 Å². The van der Waals surface area contributed by atoms with Crippen molar-refractivity contribution >= 4 is 22.4 Å². The van der Waals surface area contributed by atoms with E-state index in [-0.39, 0.29) is 12.5 Å². The quantitative estimate of drug-likeness (QED) is 0.839. The molecule has 2 aromatic carbocycles. The van der Waals surface area contributed by atoms with E-state index in [0.717, 1.165) is 16.5 Å². The normalized spacial score (nSPS) is 9.04. The number of nitrogens with two attached hydrogens (primary N) is 1. The minimum absolute atomic E-state index is 0.00320. The van der Waals surface area contributed by atoms with Crippen LogP contribution in [0.5, 0.6) is 0 Å². The van der Waals surface area contributed by atoms with Gasteiger partial charge in [-0.2, -0.15) is 0 Å². The Morgan fingerprint density at radius 2 is 1.83 bits per heavy atom. The van der Waals surface area contributed by atoms with E-state index in [1.165, 1.54) is 6.42 Å². The molecule has 0 saturated heterocycles. The van der Waals surface area contributed by atoms with Crippen molar-refractivity contribution in [1.29, 1.82) is 0 Å². The lowest BCUT2D eigenvalue weighted by Gasteiger charge is -2.07. The number of hydrogen-bond acceptors (Lipinski definition) is 3. The average Bonchev–Trinajstić information content (AvgIpc) is 2.57. The van der Waals surface area contributed by atoms with Crippen molar-refractivity contribution in [2.45, 2.75) is 20.3 Å². The van der Waals surface area contributed by atoms with Crippen molar-refractivity contribution in [3.63, 3.8) is 0 Å². The van der Waals surface area contributed by atoms with E-state index in [0.29, 0.717) is 6.61 Å². The van der Waals surface area contributed by atoms with E-state index in [9.17, 15) is 4.79 Å². The molecule has 4 heteroatoms. The van der Waals surface area contributed by atoms with E-state index in [2.05, 4.69) is 30.5 Å². The van der Waals surface area contributed by atoms with Gasteiger partial charge in [0.05, 0.1) is 13.2 Å². The topological polar surface area (TPSA) is 64.3 Å². The molecular weight excluding hydrogens is 288 g/mol. The van der Waals surface area contributed by atoms with Gasteiger partial charge < -0.3 is 15.8 Å². The number of hydrogen-bond donors (Lipinski definition) is 2. The molecule has 0 radical (unpaired) electrons. The zero-order valence-electron chi connectivity index (χ0n) is 14.3. The summed E-state index contributed by atoms with van der Waals surface area (Å²) < 4.78 is 4.57. The summed E-state index contributed by atoms with van der Waals surface area (Å²) in [5.41, 5.74) is 6.06. The van der Waals surface area contributed by atoms with E-state index in [1.54, 1.807) is 13.2 Å². The van der Waals surface area contributed by atoms with Crippen LogP contribution in [0.3, 0.4) is 0 Å². The van der Waals surface area contributed by atoms with Crippen molar-refractivity contribution in [3.8, 4) is 0 Å². The number of nitrogens with one attached hydrogen (secondary N) is 1. The van der Waals surface area contributed by atoms with E-state index >= 15 is 0 Å². The summed E-state index contributed by atoms with van der Waals surface area (Å²) in [6.45, 7) is 8.33. The molecule has 2 rings (SSSR count). The Labute approximate surface area is 139 Å². The minimum atomic E-state index is -0.175. The van der Waals surface area contributed by atoms with Crippen LogP contribution in [0.25, 0.3) is 10.8 Å². The highest BCUT2D eigenvalue weighted by Crippen LogP contribution is 2.22. The summed E-state index contributed by atoms with van der Waals surface area (Å²) in [7, 11) is 1.64. The molecule has 0 spiro atoms. The zero-order valence-corrected chi connectivity index (χ0v) is 14.3. The number of carbonyl (C=O) groups excluding carboxylic acids is 1. The first-order chi connectivity index (χ1) is 11.1. The van der Waals surface area contributed by atoms with Gasteiger partial charge in [0.25, 0.3) is 0 Å². The molecule has 0 heterocycles. The summed E-state index contributed by atoms with van der Waals surface area (Å²) in [5, 5.41) is 4.90. The lowest BCUT2D eigenvalue weighted by Crippen LogP contribution is -2.21. The van der Waals surface area contributed by atoms with Gasteiger partial charge >= 0.3 is 0 Å². The predicted molar refractivity (Wildman–Crippen MR) is 99.7 cm³/mol. The SMILES string of the molecule is C=CCOC.CCC.NCC(=O)Nc1cccc2ccccc12. The molecule has 23 heavy (non-hydrogen) atoms. The summed E-state index contributed by atoms with van der Waals surface area (Å²) in [5.74, 6) is -0.175. The molecule has 0 bridgehead atoms. The number of methoxy groups -OCH3 is 1. The van der Waals surface area contributed by atoms with Gasteiger partial charge in [-0.05, 0) is 11.5 Å². The first-order valence-corrected chi connectivity index (χ1v) is 7.71. The van der Waals surface area contributed by atoms with Crippen molar-refractivity contribution in [3.05, 3.63) is 55.1 Å². The van der Waals surface area contributed by atoms with Gasteiger partial charge in [0, 0.05) is 18.2 Å². The number of ether oxygens (including phenoxy) is 1. The van der Waals surface area contributed by atoms with E-state index < -0.39 is 0 Å². The second-order valence-electron chi connectivity index (χ2n) is 4.73. The molecule has 4 nitrogen and oxygen atoms in total. The molecule has 0 aliphatic rings. The molecule has 0 fully saturated rings. The van der Waals surface area contributed by atoms with Crippen molar-refractivity contribution < 1.29 is 9.53 Å². The molecule has 0 aromatic heterocycles. The molecule has 0 saturated carbocycles.